The number of hydrogen-bond donors (Lipinski definition) is 1. The van der Waals surface area contributed by atoms with E-state index in [1.54, 1.807) is 0 Å². The van der Waals surface area contributed by atoms with Crippen molar-refractivity contribution in [3.63, 3.8) is 0 Å². The Hall–Kier alpha value is -1.29. The van der Waals surface area contributed by atoms with Gasteiger partial charge in [0.1, 0.15) is 5.82 Å². The molecule has 19 heavy (non-hydrogen) atoms. The highest BCUT2D eigenvalue weighted by Crippen LogP contribution is 2.30. The maximum absolute atomic E-state index is 4.71. The number of anilines is 1. The standard InChI is InChI=1S/C15H19N3S/c1-10-15(17-11-7-8-12(9-11)19-2)18-14-6-4-3-5-13(14)16-10/h3-6,11-12H,7-9H2,1-2H3,(H,17,18). The summed E-state index contributed by atoms with van der Waals surface area (Å²) < 4.78 is 0. The van der Waals surface area contributed by atoms with Gasteiger partial charge in [0.15, 0.2) is 0 Å². The third kappa shape index (κ3) is 2.68. The number of fused-ring (bicyclic) bond motifs is 1. The summed E-state index contributed by atoms with van der Waals surface area (Å²) in [6, 6.07) is 8.59. The molecule has 0 aliphatic heterocycles. The van der Waals surface area contributed by atoms with E-state index in [9.17, 15) is 0 Å². The molecule has 100 valence electrons. The molecule has 1 fully saturated rings. The van der Waals surface area contributed by atoms with Crippen molar-refractivity contribution in [2.45, 2.75) is 37.5 Å². The number of hydrogen-bond acceptors (Lipinski definition) is 4. The van der Waals surface area contributed by atoms with Crippen LogP contribution in [0.5, 0.6) is 0 Å². The summed E-state index contributed by atoms with van der Waals surface area (Å²) in [7, 11) is 0. The van der Waals surface area contributed by atoms with E-state index in [1.165, 1.54) is 19.3 Å². The number of rotatable bonds is 3. The summed E-state index contributed by atoms with van der Waals surface area (Å²) in [4.78, 5) is 9.34. The van der Waals surface area contributed by atoms with Crippen LogP contribution in [-0.4, -0.2) is 27.5 Å². The van der Waals surface area contributed by atoms with Crippen LogP contribution in [-0.2, 0) is 0 Å². The van der Waals surface area contributed by atoms with Gasteiger partial charge in [-0.2, -0.15) is 11.8 Å². The van der Waals surface area contributed by atoms with E-state index in [1.807, 2.05) is 43.0 Å². The van der Waals surface area contributed by atoms with Crippen molar-refractivity contribution in [2.24, 2.45) is 0 Å². The largest absolute Gasteiger partial charge is 0.366 e. The van der Waals surface area contributed by atoms with Gasteiger partial charge in [-0.3, -0.25) is 0 Å². The minimum Gasteiger partial charge on any atom is -0.366 e. The van der Waals surface area contributed by atoms with E-state index >= 15 is 0 Å². The molecule has 0 radical (unpaired) electrons. The molecule has 1 saturated carbocycles. The van der Waals surface area contributed by atoms with Crippen molar-refractivity contribution in [1.82, 2.24) is 9.97 Å². The van der Waals surface area contributed by atoms with Crippen molar-refractivity contribution in [2.75, 3.05) is 11.6 Å². The van der Waals surface area contributed by atoms with Crippen molar-refractivity contribution < 1.29 is 0 Å². The van der Waals surface area contributed by atoms with Crippen LogP contribution in [0.15, 0.2) is 24.3 Å². The van der Waals surface area contributed by atoms with Crippen molar-refractivity contribution >= 4 is 28.6 Å². The van der Waals surface area contributed by atoms with Crippen molar-refractivity contribution in [3.05, 3.63) is 30.0 Å². The van der Waals surface area contributed by atoms with Crippen LogP contribution in [0, 0.1) is 6.92 Å². The van der Waals surface area contributed by atoms with Crippen molar-refractivity contribution in [1.29, 1.82) is 0 Å². The second-order valence-electron chi connectivity index (χ2n) is 5.16. The Morgan fingerprint density at radius 1 is 1.16 bits per heavy atom. The number of benzene rings is 1. The molecule has 0 amide bonds. The summed E-state index contributed by atoms with van der Waals surface area (Å²) in [5.41, 5.74) is 2.93. The Labute approximate surface area is 118 Å². The fourth-order valence-corrected chi connectivity index (χ4v) is 3.50. The Kier molecular flexibility index (Phi) is 3.60. The molecule has 1 N–H and O–H groups in total. The highest BCUT2D eigenvalue weighted by molar-refractivity contribution is 7.99. The average Bonchev–Trinajstić information content (AvgIpc) is 2.87. The van der Waals surface area contributed by atoms with E-state index in [2.05, 4.69) is 16.6 Å². The first-order chi connectivity index (χ1) is 9.26. The Morgan fingerprint density at radius 3 is 2.58 bits per heavy atom. The number of nitrogens with zero attached hydrogens (tertiary/aromatic N) is 2. The van der Waals surface area contributed by atoms with Crippen LogP contribution in [0.2, 0.25) is 0 Å². The minimum absolute atomic E-state index is 0.548. The molecular weight excluding hydrogens is 254 g/mol. The first-order valence-corrected chi connectivity index (χ1v) is 8.08. The van der Waals surface area contributed by atoms with Crippen LogP contribution < -0.4 is 5.32 Å². The van der Waals surface area contributed by atoms with E-state index in [0.29, 0.717) is 6.04 Å². The molecule has 1 aromatic heterocycles. The smallest absolute Gasteiger partial charge is 0.148 e. The Bertz CT molecular complexity index is 585. The Morgan fingerprint density at radius 2 is 1.89 bits per heavy atom. The van der Waals surface area contributed by atoms with E-state index in [-0.39, 0.29) is 0 Å². The zero-order chi connectivity index (χ0) is 13.2. The van der Waals surface area contributed by atoms with Gasteiger partial charge in [0.25, 0.3) is 0 Å². The van der Waals surface area contributed by atoms with E-state index in [4.69, 9.17) is 4.98 Å². The predicted molar refractivity (Wildman–Crippen MR) is 82.8 cm³/mol. The van der Waals surface area contributed by atoms with Gasteiger partial charge in [-0.05, 0) is 44.6 Å². The van der Waals surface area contributed by atoms with Gasteiger partial charge < -0.3 is 5.32 Å². The molecule has 0 bridgehead atoms. The van der Waals surface area contributed by atoms with Gasteiger partial charge in [-0.15, -0.1) is 0 Å². The van der Waals surface area contributed by atoms with Gasteiger partial charge in [0.2, 0.25) is 0 Å². The second-order valence-corrected chi connectivity index (χ2v) is 6.30. The molecule has 1 aliphatic carbocycles. The molecule has 2 aromatic rings. The number of nitrogens with one attached hydrogen (secondary N) is 1. The number of aromatic nitrogens is 2. The summed E-state index contributed by atoms with van der Waals surface area (Å²) >= 11 is 1.98. The van der Waals surface area contributed by atoms with Gasteiger partial charge in [-0.1, -0.05) is 12.1 Å². The van der Waals surface area contributed by atoms with Gasteiger partial charge in [-0.25, -0.2) is 9.97 Å². The second kappa shape index (κ2) is 5.37. The lowest BCUT2D eigenvalue weighted by Crippen LogP contribution is -2.18. The zero-order valence-corrected chi connectivity index (χ0v) is 12.2. The minimum atomic E-state index is 0.548. The topological polar surface area (TPSA) is 37.8 Å². The normalized spacial score (nSPS) is 22.8. The highest BCUT2D eigenvalue weighted by Gasteiger charge is 2.24. The zero-order valence-electron chi connectivity index (χ0n) is 11.4. The number of aryl methyl sites for hydroxylation is 1. The summed E-state index contributed by atoms with van der Waals surface area (Å²) in [5.74, 6) is 0.949. The first-order valence-electron chi connectivity index (χ1n) is 6.79. The molecule has 4 heteroatoms. The van der Waals surface area contributed by atoms with Gasteiger partial charge >= 0.3 is 0 Å². The van der Waals surface area contributed by atoms with Crippen LogP contribution >= 0.6 is 11.8 Å². The third-order valence-corrected chi connectivity index (χ3v) is 4.90. The molecule has 0 saturated heterocycles. The molecule has 1 aromatic carbocycles. The maximum Gasteiger partial charge on any atom is 0.148 e. The van der Waals surface area contributed by atoms with Crippen LogP contribution in [0.3, 0.4) is 0 Å². The van der Waals surface area contributed by atoms with Gasteiger partial charge in [0.05, 0.1) is 16.7 Å². The summed E-state index contributed by atoms with van der Waals surface area (Å²) in [5, 5.41) is 4.38. The van der Waals surface area contributed by atoms with E-state index < -0.39 is 0 Å². The first kappa shape index (κ1) is 12.7. The van der Waals surface area contributed by atoms with Crippen LogP contribution in [0.4, 0.5) is 5.82 Å². The van der Waals surface area contributed by atoms with Gasteiger partial charge in [0, 0.05) is 11.3 Å². The number of para-hydroxylation sites is 2. The molecule has 1 heterocycles. The lowest BCUT2D eigenvalue weighted by molar-refractivity contribution is 0.750. The fraction of sp³-hybridized carbons (Fsp3) is 0.467. The molecule has 1 aliphatic rings. The molecule has 3 rings (SSSR count). The number of thioether (sulfide) groups is 1. The SMILES string of the molecule is CSC1CCC(Nc2nc3ccccc3nc2C)C1. The Balaban J connectivity index is 1.83. The van der Waals surface area contributed by atoms with Crippen LogP contribution in [0.1, 0.15) is 25.0 Å². The lowest BCUT2D eigenvalue weighted by Gasteiger charge is -2.15. The maximum atomic E-state index is 4.71. The molecule has 3 nitrogen and oxygen atoms in total. The fourth-order valence-electron chi connectivity index (χ4n) is 2.70. The average molecular weight is 273 g/mol. The van der Waals surface area contributed by atoms with Crippen LogP contribution in [0.25, 0.3) is 11.0 Å². The molecule has 2 atom stereocenters. The molecule has 0 spiro atoms. The van der Waals surface area contributed by atoms with E-state index in [0.717, 1.165) is 27.8 Å². The summed E-state index contributed by atoms with van der Waals surface area (Å²) in [6.45, 7) is 2.03. The lowest BCUT2D eigenvalue weighted by atomic mass is 10.2. The molecule has 2 unspecified atom stereocenters. The summed E-state index contributed by atoms with van der Waals surface area (Å²) in [6.07, 6.45) is 5.97. The quantitative estimate of drug-likeness (QED) is 0.926. The molecular formula is C15H19N3S. The third-order valence-electron chi connectivity index (χ3n) is 3.80. The highest BCUT2D eigenvalue weighted by atomic mass is 32.2. The monoisotopic (exact) mass is 273 g/mol. The van der Waals surface area contributed by atoms with Crippen molar-refractivity contribution in [3.8, 4) is 0 Å². The predicted octanol–water partition coefficient (Wildman–Crippen LogP) is 3.63.